The summed E-state index contributed by atoms with van der Waals surface area (Å²) in [6.45, 7) is 2.40. The first-order valence-electron chi connectivity index (χ1n) is 11.6. The number of fused-ring (bicyclic) bond motifs is 1. The highest BCUT2D eigenvalue weighted by Crippen LogP contribution is 2.34. The van der Waals surface area contributed by atoms with E-state index in [-0.39, 0.29) is 19.1 Å². The number of aromatic nitrogens is 1. The van der Waals surface area contributed by atoms with Gasteiger partial charge in [-0.3, -0.25) is 0 Å². The van der Waals surface area contributed by atoms with Crippen molar-refractivity contribution in [2.75, 3.05) is 18.5 Å². The van der Waals surface area contributed by atoms with Crippen LogP contribution in [0.1, 0.15) is 57.2 Å². The van der Waals surface area contributed by atoms with Gasteiger partial charge < -0.3 is 25.2 Å². The van der Waals surface area contributed by atoms with Gasteiger partial charge in [0.15, 0.2) is 0 Å². The van der Waals surface area contributed by atoms with Crippen LogP contribution >= 0.6 is 0 Å². The van der Waals surface area contributed by atoms with Gasteiger partial charge in [0.25, 0.3) is 0 Å². The predicted molar refractivity (Wildman–Crippen MR) is 118 cm³/mol. The summed E-state index contributed by atoms with van der Waals surface area (Å²) < 4.78 is 48.5. The molecule has 1 aliphatic carbocycles. The Morgan fingerprint density at radius 2 is 2.03 bits per heavy atom. The summed E-state index contributed by atoms with van der Waals surface area (Å²) in [6, 6.07) is 2.82. The van der Waals surface area contributed by atoms with E-state index in [1.807, 2.05) is 5.32 Å². The first-order valence-corrected chi connectivity index (χ1v) is 11.6. The molecule has 1 aromatic heterocycles. The Morgan fingerprint density at radius 1 is 1.29 bits per heavy atom. The summed E-state index contributed by atoms with van der Waals surface area (Å²) in [5.74, 6) is 0.124. The van der Waals surface area contributed by atoms with Crippen molar-refractivity contribution in [2.45, 2.75) is 82.7 Å². The van der Waals surface area contributed by atoms with E-state index in [0.29, 0.717) is 19.8 Å². The quantitative estimate of drug-likeness (QED) is 0.456. The van der Waals surface area contributed by atoms with Crippen molar-refractivity contribution in [1.29, 1.82) is 0 Å². The van der Waals surface area contributed by atoms with Crippen molar-refractivity contribution in [3.8, 4) is 0 Å². The fourth-order valence-corrected chi connectivity index (χ4v) is 3.98. The number of carboxylic acid groups (broad SMARTS) is 1. The SMILES string of the molecule is CC(C)(OC(=O)N[C@@H](CCO[C@H]1C[C@H](CCc2ccc3c(n2)NCCC3)C1)C(=O)O)C(F)(F)F. The number of carbonyl (C=O) groups is 2. The lowest BCUT2D eigenvalue weighted by molar-refractivity contribution is -0.244. The number of carboxylic acids is 1. The molecule has 3 N–H and O–H groups in total. The summed E-state index contributed by atoms with van der Waals surface area (Å²) >= 11 is 0. The van der Waals surface area contributed by atoms with E-state index >= 15 is 0 Å². The lowest BCUT2D eigenvalue weighted by Crippen LogP contribution is -2.49. The van der Waals surface area contributed by atoms with Crippen molar-refractivity contribution in [3.05, 3.63) is 23.4 Å². The number of aliphatic carboxylic acids is 1. The summed E-state index contributed by atoms with van der Waals surface area (Å²) in [5.41, 5.74) is -0.407. The molecule has 34 heavy (non-hydrogen) atoms. The van der Waals surface area contributed by atoms with E-state index in [2.05, 4.69) is 22.2 Å². The van der Waals surface area contributed by atoms with Crippen molar-refractivity contribution < 1.29 is 37.3 Å². The monoisotopic (exact) mass is 487 g/mol. The second-order valence-corrected chi connectivity index (χ2v) is 9.43. The van der Waals surface area contributed by atoms with Crippen LogP contribution in [0.2, 0.25) is 0 Å². The number of hydrogen-bond acceptors (Lipinski definition) is 6. The van der Waals surface area contributed by atoms with Gasteiger partial charge in [-0.1, -0.05) is 6.07 Å². The van der Waals surface area contributed by atoms with Gasteiger partial charge in [-0.15, -0.1) is 0 Å². The average molecular weight is 488 g/mol. The van der Waals surface area contributed by atoms with Gasteiger partial charge in [-0.2, -0.15) is 13.2 Å². The van der Waals surface area contributed by atoms with Crippen LogP contribution in [-0.2, 0) is 27.1 Å². The molecule has 1 saturated carbocycles. The van der Waals surface area contributed by atoms with Crippen molar-refractivity contribution in [3.63, 3.8) is 0 Å². The summed E-state index contributed by atoms with van der Waals surface area (Å²) in [7, 11) is 0. The molecule has 1 aromatic rings. The smallest absolute Gasteiger partial charge is 0.427 e. The van der Waals surface area contributed by atoms with Gasteiger partial charge in [-0.05, 0) is 69.9 Å². The van der Waals surface area contributed by atoms with Crippen LogP contribution in [0.15, 0.2) is 12.1 Å². The van der Waals surface area contributed by atoms with Gasteiger partial charge in [0, 0.05) is 25.3 Å². The zero-order chi connectivity index (χ0) is 24.9. The molecule has 11 heteroatoms. The number of nitrogens with one attached hydrogen (secondary N) is 2. The molecule has 0 aromatic carbocycles. The Balaban J connectivity index is 1.33. The van der Waals surface area contributed by atoms with E-state index in [0.717, 1.165) is 56.6 Å². The first kappa shape index (κ1) is 26.1. The van der Waals surface area contributed by atoms with Crippen LogP contribution in [-0.4, -0.2) is 59.2 Å². The largest absolute Gasteiger partial charge is 0.480 e. The molecule has 2 aliphatic rings. The standard InChI is InChI=1S/C23H32F3N3O5/c1-22(2,23(24,25)26)34-21(32)29-18(20(30)31)9-11-33-17-12-14(13-17)5-7-16-8-6-15-4-3-10-27-19(15)28-16/h6,8,14,17-18H,3-5,7,9-13H2,1-2H3,(H,27,28)(H,29,32)(H,30,31)/t14-,17-,18-/m0/s1. The summed E-state index contributed by atoms with van der Waals surface area (Å²) in [4.78, 5) is 27.8. The number of carbonyl (C=O) groups excluding carboxylic acids is 1. The summed E-state index contributed by atoms with van der Waals surface area (Å²) in [5, 5.41) is 14.6. The molecule has 1 atom stereocenters. The molecule has 0 saturated heterocycles. The van der Waals surface area contributed by atoms with Crippen molar-refractivity contribution in [1.82, 2.24) is 10.3 Å². The third-order valence-electron chi connectivity index (χ3n) is 6.33. The van der Waals surface area contributed by atoms with Gasteiger partial charge in [-0.25, -0.2) is 14.6 Å². The number of alkyl carbamates (subject to hydrolysis) is 1. The average Bonchev–Trinajstić information content (AvgIpc) is 2.72. The Hall–Kier alpha value is -2.56. The van der Waals surface area contributed by atoms with Gasteiger partial charge in [0.2, 0.25) is 5.60 Å². The molecule has 1 aliphatic heterocycles. The number of halogens is 3. The number of ether oxygens (including phenoxy) is 2. The third kappa shape index (κ3) is 6.97. The molecule has 1 fully saturated rings. The Kier molecular flexibility index (Phi) is 8.27. The van der Waals surface area contributed by atoms with Crippen LogP contribution in [0.4, 0.5) is 23.8 Å². The maximum absolute atomic E-state index is 12.8. The first-order chi connectivity index (χ1) is 15.9. The number of anilines is 1. The van der Waals surface area contributed by atoms with Crippen LogP contribution < -0.4 is 10.6 Å². The second-order valence-electron chi connectivity index (χ2n) is 9.43. The number of hydrogen-bond donors (Lipinski definition) is 3. The lowest BCUT2D eigenvalue weighted by Gasteiger charge is -2.35. The van der Waals surface area contributed by atoms with Crippen LogP contribution in [0, 0.1) is 5.92 Å². The minimum absolute atomic E-state index is 0.00807. The lowest BCUT2D eigenvalue weighted by atomic mass is 9.79. The van der Waals surface area contributed by atoms with E-state index in [1.54, 1.807) is 0 Å². The third-order valence-corrected chi connectivity index (χ3v) is 6.33. The predicted octanol–water partition coefficient (Wildman–Crippen LogP) is 4.08. The van der Waals surface area contributed by atoms with Crippen molar-refractivity contribution >= 4 is 17.9 Å². The Labute approximate surface area is 196 Å². The molecule has 2 heterocycles. The molecule has 0 bridgehead atoms. The minimum Gasteiger partial charge on any atom is -0.480 e. The van der Waals surface area contributed by atoms with Gasteiger partial charge in [0.1, 0.15) is 11.9 Å². The van der Waals surface area contributed by atoms with Gasteiger partial charge >= 0.3 is 18.2 Å². The molecule has 190 valence electrons. The fraction of sp³-hybridized carbons (Fsp3) is 0.696. The maximum atomic E-state index is 12.8. The molecule has 0 unspecified atom stereocenters. The Morgan fingerprint density at radius 3 is 2.71 bits per heavy atom. The maximum Gasteiger partial charge on any atom is 0.427 e. The van der Waals surface area contributed by atoms with E-state index in [4.69, 9.17) is 9.72 Å². The number of amides is 1. The van der Waals surface area contributed by atoms with Crippen LogP contribution in [0.25, 0.3) is 0 Å². The highest BCUT2D eigenvalue weighted by molar-refractivity contribution is 5.80. The fourth-order valence-electron chi connectivity index (χ4n) is 3.98. The highest BCUT2D eigenvalue weighted by atomic mass is 19.4. The van der Waals surface area contributed by atoms with E-state index in [1.165, 1.54) is 5.56 Å². The van der Waals surface area contributed by atoms with E-state index in [9.17, 15) is 27.9 Å². The van der Waals surface area contributed by atoms with Crippen molar-refractivity contribution in [2.24, 2.45) is 5.92 Å². The highest BCUT2D eigenvalue weighted by Gasteiger charge is 2.51. The molecular weight excluding hydrogens is 455 g/mol. The van der Waals surface area contributed by atoms with E-state index < -0.39 is 29.9 Å². The molecule has 8 nitrogen and oxygen atoms in total. The molecular formula is C23H32F3N3O5. The normalized spacial score (nSPS) is 21.0. The minimum atomic E-state index is -4.78. The van der Waals surface area contributed by atoms with Crippen LogP contribution in [0.5, 0.6) is 0 Å². The zero-order valence-corrected chi connectivity index (χ0v) is 19.4. The number of rotatable bonds is 10. The van der Waals surface area contributed by atoms with Gasteiger partial charge in [0.05, 0.1) is 6.10 Å². The number of nitrogens with zero attached hydrogens (tertiary/aromatic N) is 1. The second kappa shape index (κ2) is 10.8. The van der Waals surface area contributed by atoms with Crippen LogP contribution in [0.3, 0.4) is 0 Å². The zero-order valence-electron chi connectivity index (χ0n) is 19.4. The molecule has 3 rings (SSSR count). The number of aryl methyl sites for hydroxylation is 2. The molecule has 1 amide bonds. The summed E-state index contributed by atoms with van der Waals surface area (Å²) in [6.07, 6.45) is -0.517. The molecule has 0 spiro atoms. The molecule has 0 radical (unpaired) electrons. The number of alkyl halides is 3. The number of pyridine rings is 1. The Bertz CT molecular complexity index is 872. The topological polar surface area (TPSA) is 110 Å².